The van der Waals surface area contributed by atoms with Crippen LogP contribution in [0.15, 0.2) is 41.4 Å². The first-order chi connectivity index (χ1) is 22.9. The van der Waals surface area contributed by atoms with E-state index in [1.165, 1.54) is 12.1 Å². The molecule has 3 aromatic rings. The van der Waals surface area contributed by atoms with E-state index in [2.05, 4.69) is 25.6 Å². The van der Waals surface area contributed by atoms with E-state index in [1.54, 1.807) is 23.1 Å². The van der Waals surface area contributed by atoms with Crippen molar-refractivity contribution in [2.24, 2.45) is 22.3 Å². The highest BCUT2D eigenvalue weighted by molar-refractivity contribution is 6.06. The molecule has 2 aliphatic heterocycles. The van der Waals surface area contributed by atoms with Crippen LogP contribution in [-0.4, -0.2) is 90.6 Å². The van der Waals surface area contributed by atoms with Gasteiger partial charge in [0.25, 0.3) is 17.7 Å². The first-order valence-corrected chi connectivity index (χ1v) is 15.2. The van der Waals surface area contributed by atoms with Gasteiger partial charge in [0, 0.05) is 56.6 Å². The molecular weight excluding hydrogens is 620 g/mol. The number of aromatic nitrogens is 2. The second kappa shape index (κ2) is 13.8. The van der Waals surface area contributed by atoms with Crippen LogP contribution >= 0.6 is 0 Å². The Hall–Kier alpha value is -5.97. The Labute approximate surface area is 276 Å². The van der Waals surface area contributed by atoms with Gasteiger partial charge in [-0.1, -0.05) is 6.07 Å². The van der Waals surface area contributed by atoms with Gasteiger partial charge in [0.2, 0.25) is 5.91 Å². The lowest BCUT2D eigenvalue weighted by Gasteiger charge is -2.31. The predicted octanol–water partition coefficient (Wildman–Crippen LogP) is 1.12. The number of anilines is 3. The lowest BCUT2D eigenvalue weighted by molar-refractivity contribution is -0.124. The van der Waals surface area contributed by atoms with Crippen LogP contribution in [-0.2, 0) is 9.59 Å². The van der Waals surface area contributed by atoms with Gasteiger partial charge in [-0.2, -0.15) is 9.97 Å². The maximum atomic E-state index is 13.5. The van der Waals surface area contributed by atoms with Gasteiger partial charge in [-0.3, -0.25) is 24.8 Å². The van der Waals surface area contributed by atoms with Gasteiger partial charge in [-0.25, -0.2) is 10.9 Å². The molecule has 9 N–H and O–H groups in total. The van der Waals surface area contributed by atoms with E-state index in [9.17, 15) is 14.4 Å². The Balaban J connectivity index is 1.65. The first kappa shape index (κ1) is 33.4. The zero-order valence-electron chi connectivity index (χ0n) is 27.0. The average molecular weight is 659 g/mol. The van der Waals surface area contributed by atoms with Crippen molar-refractivity contribution in [1.29, 1.82) is 5.41 Å². The maximum Gasteiger partial charge on any atom is 0.327 e. The third kappa shape index (κ3) is 6.90. The molecule has 17 nitrogen and oxygen atoms in total. The monoisotopic (exact) mass is 658 g/mol. The Morgan fingerprint density at radius 2 is 1.83 bits per heavy atom. The Bertz CT molecular complexity index is 1810. The highest BCUT2D eigenvalue weighted by atomic mass is 16.5. The van der Waals surface area contributed by atoms with Crippen LogP contribution < -0.4 is 47.3 Å². The summed E-state index contributed by atoms with van der Waals surface area (Å²) < 4.78 is 12.5. The maximum absolute atomic E-state index is 13.5. The molecule has 48 heavy (non-hydrogen) atoms. The Morgan fingerprint density at radius 3 is 2.46 bits per heavy atom. The van der Waals surface area contributed by atoms with Crippen LogP contribution in [0.1, 0.15) is 41.8 Å². The largest absolute Gasteiger partial charge is 0.437 e. The molecule has 17 heteroatoms. The molecule has 0 spiro atoms. The molecule has 1 aromatic heterocycles. The summed E-state index contributed by atoms with van der Waals surface area (Å²) in [7, 11) is 3.75. The molecule has 1 atom stereocenters. The van der Waals surface area contributed by atoms with Gasteiger partial charge >= 0.3 is 6.01 Å². The summed E-state index contributed by atoms with van der Waals surface area (Å²) in [6.45, 7) is 5.91. The molecule has 2 aliphatic rings. The zero-order chi connectivity index (χ0) is 34.7. The van der Waals surface area contributed by atoms with Crippen molar-refractivity contribution in [2.75, 3.05) is 55.5 Å². The van der Waals surface area contributed by atoms with E-state index in [0.29, 0.717) is 43.3 Å². The molecule has 0 radical (unpaired) electrons. The quantitative estimate of drug-likeness (QED) is 0.0694. The summed E-state index contributed by atoms with van der Waals surface area (Å²) in [5, 5.41) is 14.9. The summed E-state index contributed by atoms with van der Waals surface area (Å²) in [6.07, 6.45) is -0.366. The van der Waals surface area contributed by atoms with E-state index in [-0.39, 0.29) is 52.9 Å². The molecule has 1 unspecified atom stereocenters. The molecule has 252 valence electrons. The van der Waals surface area contributed by atoms with Gasteiger partial charge < -0.3 is 41.4 Å². The average Bonchev–Trinajstić information content (AvgIpc) is 3.59. The van der Waals surface area contributed by atoms with E-state index < -0.39 is 17.9 Å². The number of nitrogens with one attached hydrogen (secondary N) is 3. The SMILES string of the molecule is CCN(CC)C(=O)c1ccc(C(=N)N)cc1Oc1nc2c(c(Oc3cc(C4=NCCN4)cc(N(C)C)c3)n1)N(N)C(=O)C(CC(N)=O)N2. The number of nitrogens with two attached hydrogens (primary N) is 3. The normalized spacial score (nSPS) is 15.1. The number of ether oxygens (including phenoxy) is 2. The first-order valence-electron chi connectivity index (χ1n) is 15.2. The zero-order valence-corrected chi connectivity index (χ0v) is 27.0. The molecule has 3 heterocycles. The van der Waals surface area contributed by atoms with E-state index >= 15 is 0 Å². The van der Waals surface area contributed by atoms with Crippen LogP contribution in [0.25, 0.3) is 0 Å². The number of rotatable bonds is 12. The summed E-state index contributed by atoms with van der Waals surface area (Å²) in [5.74, 6) is 5.18. The molecule has 2 aromatic carbocycles. The van der Waals surface area contributed by atoms with Gasteiger partial charge in [-0.05, 0) is 38.1 Å². The summed E-state index contributed by atoms with van der Waals surface area (Å²) >= 11 is 0. The highest BCUT2D eigenvalue weighted by Gasteiger charge is 2.37. The second-order valence-corrected chi connectivity index (χ2v) is 11.2. The number of primary amides is 1. The number of benzene rings is 2. The van der Waals surface area contributed by atoms with Gasteiger partial charge in [0.05, 0.1) is 18.5 Å². The number of hydrogen-bond donors (Lipinski definition) is 6. The van der Waals surface area contributed by atoms with Gasteiger partial charge in [0.15, 0.2) is 11.5 Å². The predicted molar refractivity (Wildman–Crippen MR) is 180 cm³/mol. The number of amides is 3. The van der Waals surface area contributed by atoms with Gasteiger partial charge in [0.1, 0.15) is 29.2 Å². The highest BCUT2D eigenvalue weighted by Crippen LogP contribution is 2.41. The van der Waals surface area contributed by atoms with Crippen molar-refractivity contribution < 1.29 is 23.9 Å². The molecule has 0 aliphatic carbocycles. The number of fused-ring (bicyclic) bond motifs is 1. The number of nitrogen functional groups attached to an aromatic ring is 1. The third-order valence-electron chi connectivity index (χ3n) is 7.67. The summed E-state index contributed by atoms with van der Waals surface area (Å²) in [4.78, 5) is 55.4. The number of hydrogen-bond acceptors (Lipinski definition) is 13. The standard InChI is InChI=1S/C31H38N12O5/c1-5-42(6-2)29(45)20-8-7-16(25(33)34)13-22(20)48-31-39-27-24(43(35)30(46)21(38-27)15-23(32)44)28(40-31)47-19-12-17(26-36-9-10-37-26)11-18(14-19)41(3)4/h7-8,11-14,21H,5-6,9-10,15,35H2,1-4H3,(H2,32,44)(H3,33,34)(H,36,37)(H,38,39,40). The molecule has 3 amide bonds. The van der Waals surface area contributed by atoms with Crippen molar-refractivity contribution >= 4 is 46.6 Å². The molecule has 0 bridgehead atoms. The number of aliphatic imine (C=N–C) groups is 1. The number of carbonyl (C=O) groups excluding carboxylic acids is 3. The smallest absolute Gasteiger partial charge is 0.327 e. The van der Waals surface area contributed by atoms with Crippen molar-refractivity contribution in [3.05, 3.63) is 53.1 Å². The van der Waals surface area contributed by atoms with Gasteiger partial charge in [-0.15, -0.1) is 0 Å². The summed E-state index contributed by atoms with van der Waals surface area (Å²) in [5.41, 5.74) is 13.1. The molecule has 0 saturated heterocycles. The van der Waals surface area contributed by atoms with Crippen molar-refractivity contribution in [1.82, 2.24) is 20.2 Å². The van der Waals surface area contributed by atoms with E-state index in [4.69, 9.17) is 32.2 Å². The van der Waals surface area contributed by atoms with Crippen molar-refractivity contribution in [3.63, 3.8) is 0 Å². The van der Waals surface area contributed by atoms with Crippen LogP contribution in [0.2, 0.25) is 0 Å². The second-order valence-electron chi connectivity index (χ2n) is 11.2. The minimum Gasteiger partial charge on any atom is -0.437 e. The minimum atomic E-state index is -1.13. The topological polar surface area (TPSA) is 244 Å². The lowest BCUT2D eigenvalue weighted by atomic mass is 10.1. The number of hydrazine groups is 1. The fourth-order valence-electron chi connectivity index (χ4n) is 5.16. The number of nitrogens with zero attached hydrogens (tertiary/aromatic N) is 6. The Morgan fingerprint density at radius 1 is 1.08 bits per heavy atom. The number of amidine groups is 2. The lowest BCUT2D eigenvalue weighted by Crippen LogP contribution is -2.52. The Kier molecular flexibility index (Phi) is 9.60. The van der Waals surface area contributed by atoms with E-state index in [0.717, 1.165) is 16.3 Å². The fourth-order valence-corrected chi connectivity index (χ4v) is 5.16. The minimum absolute atomic E-state index is 0.00788. The van der Waals surface area contributed by atoms with Crippen LogP contribution in [0, 0.1) is 5.41 Å². The molecule has 0 fully saturated rings. The third-order valence-corrected chi connectivity index (χ3v) is 7.67. The van der Waals surface area contributed by atoms with Crippen molar-refractivity contribution in [2.45, 2.75) is 26.3 Å². The molecule has 0 saturated carbocycles. The molecular formula is C31H38N12O5. The van der Waals surface area contributed by atoms with Crippen LogP contribution in [0.5, 0.6) is 23.4 Å². The fraction of sp³-hybridized carbons (Fsp3) is 0.323. The molecule has 5 rings (SSSR count). The number of carbonyl (C=O) groups is 3. The summed E-state index contributed by atoms with van der Waals surface area (Å²) in [6, 6.07) is 8.53. The van der Waals surface area contributed by atoms with Crippen LogP contribution in [0.3, 0.4) is 0 Å². The van der Waals surface area contributed by atoms with E-state index in [1.807, 2.05) is 38.9 Å². The van der Waals surface area contributed by atoms with Crippen LogP contribution in [0.4, 0.5) is 17.2 Å². The van der Waals surface area contributed by atoms with Crippen molar-refractivity contribution in [3.8, 4) is 23.4 Å².